The van der Waals surface area contributed by atoms with Crippen LogP contribution >= 0.6 is 0 Å². The molecule has 0 bridgehead atoms. The lowest BCUT2D eigenvalue weighted by molar-refractivity contribution is 1.08. The molecule has 5 heteroatoms. The first kappa shape index (κ1) is 28.2. The SMILES string of the molecule is c1ccc(-c2nc(-c3ccccc3)nc(-c3cccc4c3c3ccccc3n4-c3cccc4c5ccccc5n(-c5ccccc5)c34)n2)cc1. The summed E-state index contributed by atoms with van der Waals surface area (Å²) in [6.45, 7) is 0. The normalized spacial score (nSPS) is 11.6. The Morgan fingerprint density at radius 2 is 0.840 bits per heavy atom. The number of hydrogen-bond acceptors (Lipinski definition) is 3. The minimum absolute atomic E-state index is 0.641. The molecule has 10 rings (SSSR count). The van der Waals surface area contributed by atoms with Crippen LogP contribution in [0.25, 0.3) is 89.2 Å². The predicted octanol–water partition coefficient (Wildman–Crippen LogP) is 11.1. The van der Waals surface area contributed by atoms with E-state index in [1.54, 1.807) is 0 Å². The average molecular weight is 640 g/mol. The van der Waals surface area contributed by atoms with E-state index < -0.39 is 0 Å². The minimum Gasteiger partial charge on any atom is -0.307 e. The van der Waals surface area contributed by atoms with E-state index in [0.717, 1.165) is 55.4 Å². The van der Waals surface area contributed by atoms with Crippen molar-refractivity contribution in [3.8, 4) is 45.5 Å². The second-order valence-electron chi connectivity index (χ2n) is 12.5. The topological polar surface area (TPSA) is 48.5 Å². The third-order valence-corrected chi connectivity index (χ3v) is 9.57. The summed E-state index contributed by atoms with van der Waals surface area (Å²) < 4.78 is 4.81. The van der Waals surface area contributed by atoms with Crippen molar-refractivity contribution in [3.05, 3.63) is 176 Å². The maximum atomic E-state index is 5.14. The first-order chi connectivity index (χ1) is 24.8. The van der Waals surface area contributed by atoms with E-state index in [2.05, 4.69) is 124 Å². The predicted molar refractivity (Wildman–Crippen MR) is 205 cm³/mol. The molecule has 7 aromatic carbocycles. The van der Waals surface area contributed by atoms with Crippen LogP contribution in [-0.4, -0.2) is 24.1 Å². The molecule has 3 aromatic heterocycles. The van der Waals surface area contributed by atoms with Crippen LogP contribution in [0.4, 0.5) is 0 Å². The standard InChI is InChI=1S/C45H29N5/c1-4-16-30(17-5-1)43-46-44(31-18-6-2-7-19-31)48-45(47-43)36-25-15-28-39-41(36)35-23-11-13-27-38(35)50(39)40-29-14-24-34-33-22-10-12-26-37(33)49(42(34)40)32-20-8-3-9-21-32/h1-29H. The molecule has 0 saturated carbocycles. The van der Waals surface area contributed by atoms with E-state index in [0.29, 0.717) is 17.5 Å². The smallest absolute Gasteiger partial charge is 0.164 e. The average Bonchev–Trinajstić information content (AvgIpc) is 3.72. The lowest BCUT2D eigenvalue weighted by atomic mass is 10.1. The Kier molecular flexibility index (Phi) is 6.42. The summed E-state index contributed by atoms with van der Waals surface area (Å²) >= 11 is 0. The molecule has 0 aliphatic rings. The van der Waals surface area contributed by atoms with Gasteiger partial charge in [0.05, 0.1) is 27.8 Å². The van der Waals surface area contributed by atoms with Crippen LogP contribution in [0.1, 0.15) is 0 Å². The summed E-state index contributed by atoms with van der Waals surface area (Å²) in [7, 11) is 0. The van der Waals surface area contributed by atoms with Crippen molar-refractivity contribution in [1.82, 2.24) is 24.1 Å². The molecule has 0 aliphatic heterocycles. The number of rotatable bonds is 5. The van der Waals surface area contributed by atoms with E-state index in [4.69, 9.17) is 15.0 Å². The summed E-state index contributed by atoms with van der Waals surface area (Å²) in [5, 5.41) is 4.68. The molecule has 5 nitrogen and oxygen atoms in total. The van der Waals surface area contributed by atoms with E-state index in [9.17, 15) is 0 Å². The molecule has 0 fully saturated rings. The number of fused-ring (bicyclic) bond motifs is 6. The molecule has 0 atom stereocenters. The van der Waals surface area contributed by atoms with Crippen LogP contribution < -0.4 is 0 Å². The Labute approximate surface area is 288 Å². The Hall–Kier alpha value is -6.85. The van der Waals surface area contributed by atoms with Gasteiger partial charge in [-0.3, -0.25) is 0 Å². The zero-order valence-electron chi connectivity index (χ0n) is 27.0. The van der Waals surface area contributed by atoms with Gasteiger partial charge in [-0.25, -0.2) is 15.0 Å². The van der Waals surface area contributed by atoms with E-state index in [-0.39, 0.29) is 0 Å². The molecule has 10 aromatic rings. The third-order valence-electron chi connectivity index (χ3n) is 9.57. The van der Waals surface area contributed by atoms with Gasteiger partial charge in [-0.05, 0) is 36.4 Å². The van der Waals surface area contributed by atoms with Crippen molar-refractivity contribution in [2.24, 2.45) is 0 Å². The van der Waals surface area contributed by atoms with Crippen molar-refractivity contribution in [2.45, 2.75) is 0 Å². The van der Waals surface area contributed by atoms with Gasteiger partial charge in [0.2, 0.25) is 0 Å². The van der Waals surface area contributed by atoms with E-state index in [1.807, 2.05) is 60.7 Å². The van der Waals surface area contributed by atoms with Gasteiger partial charge in [-0.2, -0.15) is 0 Å². The van der Waals surface area contributed by atoms with Crippen molar-refractivity contribution < 1.29 is 0 Å². The molecule has 0 spiro atoms. The monoisotopic (exact) mass is 639 g/mol. The van der Waals surface area contributed by atoms with Crippen LogP contribution in [0.2, 0.25) is 0 Å². The summed E-state index contributed by atoms with van der Waals surface area (Å²) in [6, 6.07) is 61.4. The van der Waals surface area contributed by atoms with Gasteiger partial charge in [0, 0.05) is 43.9 Å². The Bertz CT molecular complexity index is 2800. The summed E-state index contributed by atoms with van der Waals surface area (Å²) in [6.07, 6.45) is 0. The highest BCUT2D eigenvalue weighted by molar-refractivity contribution is 6.17. The highest BCUT2D eigenvalue weighted by atomic mass is 15.1. The third kappa shape index (κ3) is 4.37. The first-order valence-corrected chi connectivity index (χ1v) is 16.8. The summed E-state index contributed by atoms with van der Waals surface area (Å²) in [5.41, 5.74) is 9.63. The van der Waals surface area contributed by atoms with Gasteiger partial charge in [0.1, 0.15) is 0 Å². The lowest BCUT2D eigenvalue weighted by Gasteiger charge is -2.14. The molecule has 0 N–H and O–H groups in total. The second-order valence-corrected chi connectivity index (χ2v) is 12.5. The van der Waals surface area contributed by atoms with Gasteiger partial charge in [0.15, 0.2) is 17.5 Å². The maximum absolute atomic E-state index is 5.14. The molecule has 50 heavy (non-hydrogen) atoms. The van der Waals surface area contributed by atoms with Crippen LogP contribution in [0.5, 0.6) is 0 Å². The molecule has 0 unspecified atom stereocenters. The van der Waals surface area contributed by atoms with Crippen LogP contribution in [0.3, 0.4) is 0 Å². The van der Waals surface area contributed by atoms with Gasteiger partial charge >= 0.3 is 0 Å². The lowest BCUT2D eigenvalue weighted by Crippen LogP contribution is -2.01. The van der Waals surface area contributed by atoms with Crippen LogP contribution in [0, 0.1) is 0 Å². The summed E-state index contributed by atoms with van der Waals surface area (Å²) in [5.74, 6) is 1.93. The minimum atomic E-state index is 0.641. The fraction of sp³-hybridized carbons (Fsp3) is 0. The molecule has 0 aliphatic carbocycles. The second kappa shape index (κ2) is 11.4. The zero-order valence-corrected chi connectivity index (χ0v) is 27.0. The number of aromatic nitrogens is 5. The molecular formula is C45H29N5. The van der Waals surface area contributed by atoms with E-state index in [1.165, 1.54) is 16.3 Å². The van der Waals surface area contributed by atoms with E-state index >= 15 is 0 Å². The number of hydrogen-bond donors (Lipinski definition) is 0. The van der Waals surface area contributed by atoms with Crippen LogP contribution in [-0.2, 0) is 0 Å². The van der Waals surface area contributed by atoms with Crippen molar-refractivity contribution >= 4 is 43.6 Å². The summed E-state index contributed by atoms with van der Waals surface area (Å²) in [4.78, 5) is 15.2. The van der Waals surface area contributed by atoms with Gasteiger partial charge in [-0.1, -0.05) is 140 Å². The molecule has 3 heterocycles. The first-order valence-electron chi connectivity index (χ1n) is 16.8. The van der Waals surface area contributed by atoms with Gasteiger partial charge in [-0.15, -0.1) is 0 Å². The quantitative estimate of drug-likeness (QED) is 0.188. The maximum Gasteiger partial charge on any atom is 0.164 e. The van der Waals surface area contributed by atoms with Crippen molar-refractivity contribution in [3.63, 3.8) is 0 Å². The molecule has 0 saturated heterocycles. The Morgan fingerprint density at radius 1 is 0.340 bits per heavy atom. The Morgan fingerprint density at radius 3 is 1.52 bits per heavy atom. The largest absolute Gasteiger partial charge is 0.307 e. The molecule has 0 amide bonds. The highest BCUT2D eigenvalue weighted by Gasteiger charge is 2.22. The fourth-order valence-corrected chi connectivity index (χ4v) is 7.42. The van der Waals surface area contributed by atoms with Gasteiger partial charge in [0.25, 0.3) is 0 Å². The van der Waals surface area contributed by atoms with Crippen LogP contribution in [0.15, 0.2) is 176 Å². The fourth-order valence-electron chi connectivity index (χ4n) is 7.42. The number of para-hydroxylation sites is 4. The zero-order chi connectivity index (χ0) is 33.0. The molecular weight excluding hydrogens is 611 g/mol. The van der Waals surface area contributed by atoms with Crippen molar-refractivity contribution in [2.75, 3.05) is 0 Å². The Balaban J connectivity index is 1.30. The highest BCUT2D eigenvalue weighted by Crippen LogP contribution is 2.42. The molecule has 234 valence electrons. The van der Waals surface area contributed by atoms with Crippen molar-refractivity contribution in [1.29, 1.82) is 0 Å². The molecule has 0 radical (unpaired) electrons. The van der Waals surface area contributed by atoms with Gasteiger partial charge < -0.3 is 9.13 Å². The number of nitrogens with zero attached hydrogens (tertiary/aromatic N) is 5. The number of benzene rings is 7.